The highest BCUT2D eigenvalue weighted by Crippen LogP contribution is 2.37. The Morgan fingerprint density at radius 3 is 2.72 bits per heavy atom. The number of hydrogen-bond acceptors (Lipinski definition) is 3. The van der Waals surface area contributed by atoms with Crippen molar-refractivity contribution in [2.75, 3.05) is 26.2 Å². The van der Waals surface area contributed by atoms with Crippen LogP contribution in [-0.2, 0) is 0 Å². The molecule has 1 amide bonds. The van der Waals surface area contributed by atoms with Gasteiger partial charge in [0.1, 0.15) is 0 Å². The molecule has 0 unspecified atom stereocenters. The highest BCUT2D eigenvalue weighted by molar-refractivity contribution is 5.95. The van der Waals surface area contributed by atoms with E-state index in [-0.39, 0.29) is 5.91 Å². The number of amides is 1. The number of likely N-dealkylation sites (tertiary alicyclic amines) is 1. The van der Waals surface area contributed by atoms with Gasteiger partial charge in [-0.15, -0.1) is 0 Å². The van der Waals surface area contributed by atoms with Crippen LogP contribution < -0.4 is 5.32 Å². The van der Waals surface area contributed by atoms with E-state index in [2.05, 4.69) is 15.5 Å². The van der Waals surface area contributed by atoms with E-state index in [1.54, 1.807) is 6.20 Å². The van der Waals surface area contributed by atoms with Gasteiger partial charge in [0, 0.05) is 25.3 Å². The quantitative estimate of drug-likeness (QED) is 0.777. The molecular formula is C13H20N4O. The number of nitrogens with one attached hydrogen (secondary N) is 2. The fourth-order valence-electron chi connectivity index (χ4n) is 3.14. The van der Waals surface area contributed by atoms with Gasteiger partial charge in [-0.25, -0.2) is 0 Å². The molecule has 0 aliphatic carbocycles. The third-order valence-electron chi connectivity index (χ3n) is 4.50. The number of rotatable bonds is 1. The van der Waals surface area contributed by atoms with Gasteiger partial charge in [0.2, 0.25) is 0 Å². The number of carbonyl (C=O) groups excluding carboxylic acids is 1. The minimum absolute atomic E-state index is 0.127. The van der Waals surface area contributed by atoms with Crippen molar-refractivity contribution < 1.29 is 4.79 Å². The number of aromatic nitrogens is 2. The zero-order valence-electron chi connectivity index (χ0n) is 10.8. The molecular weight excluding hydrogens is 228 g/mol. The molecule has 1 spiro atoms. The molecule has 2 aliphatic heterocycles. The van der Waals surface area contributed by atoms with Crippen LogP contribution in [0.1, 0.15) is 35.3 Å². The van der Waals surface area contributed by atoms with Crippen molar-refractivity contribution in [3.05, 3.63) is 17.5 Å². The molecule has 0 aromatic carbocycles. The van der Waals surface area contributed by atoms with Crippen molar-refractivity contribution in [2.45, 2.75) is 26.2 Å². The van der Waals surface area contributed by atoms with Crippen molar-refractivity contribution in [1.82, 2.24) is 20.4 Å². The van der Waals surface area contributed by atoms with Crippen LogP contribution in [-0.4, -0.2) is 47.2 Å². The number of nitrogens with zero attached hydrogens (tertiary/aromatic N) is 2. The number of aromatic amines is 1. The standard InChI is InChI=1S/C13H20N4O/c1-10-11(8-15-16-10)12(18)17-6-3-13(4-7-17)2-5-14-9-13/h8,14H,2-7,9H2,1H3,(H,15,16). The van der Waals surface area contributed by atoms with Crippen LogP contribution in [0.25, 0.3) is 0 Å². The summed E-state index contributed by atoms with van der Waals surface area (Å²) in [6.45, 7) is 5.91. The predicted molar refractivity (Wildman–Crippen MR) is 68.4 cm³/mol. The summed E-state index contributed by atoms with van der Waals surface area (Å²) in [6, 6.07) is 0. The number of piperidine rings is 1. The Kier molecular flexibility index (Phi) is 2.86. The maximum absolute atomic E-state index is 12.3. The minimum atomic E-state index is 0.127. The molecule has 5 nitrogen and oxygen atoms in total. The summed E-state index contributed by atoms with van der Waals surface area (Å²) in [5, 5.41) is 10.2. The van der Waals surface area contributed by atoms with Crippen LogP contribution in [0.3, 0.4) is 0 Å². The lowest BCUT2D eigenvalue weighted by molar-refractivity contribution is 0.0607. The van der Waals surface area contributed by atoms with Crippen LogP contribution >= 0.6 is 0 Å². The first-order chi connectivity index (χ1) is 8.70. The SMILES string of the molecule is Cc1[nH]ncc1C(=O)N1CCC2(CCNC2)CC1. The third kappa shape index (κ3) is 1.92. The average Bonchev–Trinajstić information content (AvgIpc) is 2.99. The second kappa shape index (κ2) is 4.39. The number of hydrogen-bond donors (Lipinski definition) is 2. The van der Waals surface area contributed by atoms with Crippen LogP contribution in [0, 0.1) is 12.3 Å². The normalized spacial score (nSPS) is 22.6. The Morgan fingerprint density at radius 2 is 2.17 bits per heavy atom. The molecule has 0 radical (unpaired) electrons. The molecule has 2 aliphatic rings. The molecule has 0 bridgehead atoms. The zero-order valence-corrected chi connectivity index (χ0v) is 10.8. The topological polar surface area (TPSA) is 61.0 Å². The molecule has 0 atom stereocenters. The first-order valence-electron chi connectivity index (χ1n) is 6.70. The van der Waals surface area contributed by atoms with E-state index in [0.29, 0.717) is 5.41 Å². The van der Waals surface area contributed by atoms with Crippen molar-refractivity contribution >= 4 is 5.91 Å². The molecule has 2 fully saturated rings. The summed E-state index contributed by atoms with van der Waals surface area (Å²) in [6.07, 6.45) is 5.16. The highest BCUT2D eigenvalue weighted by atomic mass is 16.2. The number of aryl methyl sites for hydroxylation is 1. The first kappa shape index (κ1) is 11.7. The molecule has 18 heavy (non-hydrogen) atoms. The highest BCUT2D eigenvalue weighted by Gasteiger charge is 2.38. The van der Waals surface area contributed by atoms with Gasteiger partial charge in [0.15, 0.2) is 0 Å². The van der Waals surface area contributed by atoms with E-state index in [4.69, 9.17) is 0 Å². The smallest absolute Gasteiger partial charge is 0.257 e. The Bertz CT molecular complexity index is 438. The lowest BCUT2D eigenvalue weighted by atomic mass is 9.78. The molecule has 1 aromatic rings. The van der Waals surface area contributed by atoms with Crippen molar-refractivity contribution in [2.24, 2.45) is 5.41 Å². The summed E-state index contributed by atoms with van der Waals surface area (Å²) in [7, 11) is 0. The average molecular weight is 248 g/mol. The lowest BCUT2D eigenvalue weighted by Crippen LogP contribution is -2.44. The summed E-state index contributed by atoms with van der Waals surface area (Å²) in [4.78, 5) is 14.3. The van der Waals surface area contributed by atoms with Gasteiger partial charge in [-0.2, -0.15) is 5.10 Å². The molecule has 2 saturated heterocycles. The van der Waals surface area contributed by atoms with Crippen LogP contribution in [0.2, 0.25) is 0 Å². The van der Waals surface area contributed by atoms with Gasteiger partial charge < -0.3 is 10.2 Å². The molecule has 0 saturated carbocycles. The summed E-state index contributed by atoms with van der Waals surface area (Å²) < 4.78 is 0. The summed E-state index contributed by atoms with van der Waals surface area (Å²) in [5.74, 6) is 0.127. The first-order valence-corrected chi connectivity index (χ1v) is 6.70. The molecule has 1 aromatic heterocycles. The molecule has 3 heterocycles. The zero-order chi connectivity index (χ0) is 12.6. The lowest BCUT2D eigenvalue weighted by Gasteiger charge is -2.38. The fourth-order valence-corrected chi connectivity index (χ4v) is 3.14. The third-order valence-corrected chi connectivity index (χ3v) is 4.50. The van der Waals surface area contributed by atoms with E-state index >= 15 is 0 Å². The van der Waals surface area contributed by atoms with Gasteiger partial charge in [0.05, 0.1) is 11.8 Å². The molecule has 3 rings (SSSR count). The van der Waals surface area contributed by atoms with E-state index in [0.717, 1.165) is 50.3 Å². The Morgan fingerprint density at radius 1 is 1.39 bits per heavy atom. The second-order valence-electron chi connectivity index (χ2n) is 5.63. The van der Waals surface area contributed by atoms with Crippen LogP contribution in [0.15, 0.2) is 6.20 Å². The van der Waals surface area contributed by atoms with Gasteiger partial charge in [-0.3, -0.25) is 9.89 Å². The van der Waals surface area contributed by atoms with E-state index in [1.165, 1.54) is 6.42 Å². The molecule has 5 heteroatoms. The Labute approximate surface area is 107 Å². The Hall–Kier alpha value is -1.36. The van der Waals surface area contributed by atoms with Gasteiger partial charge in [-0.05, 0) is 38.1 Å². The molecule has 2 N–H and O–H groups in total. The van der Waals surface area contributed by atoms with E-state index in [1.807, 2.05) is 11.8 Å². The van der Waals surface area contributed by atoms with E-state index < -0.39 is 0 Å². The predicted octanol–water partition coefficient (Wildman–Crippen LogP) is 0.934. The van der Waals surface area contributed by atoms with Gasteiger partial charge >= 0.3 is 0 Å². The number of H-pyrrole nitrogens is 1. The fraction of sp³-hybridized carbons (Fsp3) is 0.692. The van der Waals surface area contributed by atoms with Crippen molar-refractivity contribution in [3.63, 3.8) is 0 Å². The Balaban J connectivity index is 1.66. The largest absolute Gasteiger partial charge is 0.339 e. The maximum Gasteiger partial charge on any atom is 0.257 e. The summed E-state index contributed by atoms with van der Waals surface area (Å²) in [5.41, 5.74) is 2.04. The van der Waals surface area contributed by atoms with Crippen molar-refractivity contribution in [1.29, 1.82) is 0 Å². The molecule has 98 valence electrons. The van der Waals surface area contributed by atoms with Crippen LogP contribution in [0.4, 0.5) is 0 Å². The minimum Gasteiger partial charge on any atom is -0.339 e. The second-order valence-corrected chi connectivity index (χ2v) is 5.63. The van der Waals surface area contributed by atoms with Gasteiger partial charge in [0.25, 0.3) is 5.91 Å². The summed E-state index contributed by atoms with van der Waals surface area (Å²) >= 11 is 0. The van der Waals surface area contributed by atoms with Crippen LogP contribution in [0.5, 0.6) is 0 Å². The van der Waals surface area contributed by atoms with Crippen molar-refractivity contribution in [3.8, 4) is 0 Å². The number of carbonyl (C=O) groups is 1. The van der Waals surface area contributed by atoms with Gasteiger partial charge in [-0.1, -0.05) is 0 Å². The van der Waals surface area contributed by atoms with E-state index in [9.17, 15) is 4.79 Å². The monoisotopic (exact) mass is 248 g/mol. The maximum atomic E-state index is 12.3.